The molecule has 1 fully saturated rings. The molecule has 2 atom stereocenters. The third-order valence-electron chi connectivity index (χ3n) is 5.01. The van der Waals surface area contributed by atoms with E-state index < -0.39 is 29.3 Å². The summed E-state index contributed by atoms with van der Waals surface area (Å²) >= 11 is 1.33. The van der Waals surface area contributed by atoms with E-state index in [0.717, 1.165) is 15.8 Å². The van der Waals surface area contributed by atoms with Crippen LogP contribution in [0.3, 0.4) is 0 Å². The largest absolute Gasteiger partial charge is 1.00 e. The van der Waals surface area contributed by atoms with Crippen molar-refractivity contribution in [1.82, 2.24) is 14.8 Å². The van der Waals surface area contributed by atoms with Gasteiger partial charge < -0.3 is 21.2 Å². The number of nitrogens with zero attached hydrogens (tertiary/aromatic N) is 2. The molecule has 11 heteroatoms. The number of esters is 1. The second-order valence-electron chi connectivity index (χ2n) is 7.00. The number of carboxylic acid groups (broad SMARTS) is 1. The Bertz CT molecular complexity index is 1100. The normalized spacial score (nSPS) is 19.9. The van der Waals surface area contributed by atoms with Crippen LogP contribution in [0, 0.1) is 0 Å². The third kappa shape index (κ3) is 4.52. The predicted molar refractivity (Wildman–Crippen MR) is 109 cm³/mol. The number of carbonyl (C=O) groups is 4. The second kappa shape index (κ2) is 9.47. The summed E-state index contributed by atoms with van der Waals surface area (Å²) in [6.07, 6.45) is 1.81. The van der Waals surface area contributed by atoms with Gasteiger partial charge in [-0.25, -0.2) is 4.79 Å². The number of para-hydroxylation sites is 1. The molecule has 158 valence electrons. The molecule has 4 rings (SSSR count). The number of benzene rings is 1. The molecular weight excluding hydrogens is 433 g/mol. The van der Waals surface area contributed by atoms with Crippen LogP contribution in [-0.2, 0) is 30.5 Å². The molecule has 0 bridgehead atoms. The minimum Gasteiger partial charge on any atom is -1.00 e. The maximum absolute atomic E-state index is 12.6. The molecule has 2 unspecified atom stereocenters. The number of fused-ring (bicyclic) bond motifs is 2. The number of hydrogen-bond donors (Lipinski definition) is 2. The molecule has 1 aromatic carbocycles. The molecule has 0 spiro atoms. The standard InChI is InChI=1S/C20H19N3O6S.Na.H/c1-11(24)29-9-13-10-30-19-16(18(26)23(19)17(13)20(27)28)21-15(25)8-22-7-6-12-4-2-3-5-14(12)22;;/h2-7,16,19H,8-10H2,1H3,(H,21,25)(H,27,28);;/q;+1;-1. The van der Waals surface area contributed by atoms with Crippen molar-refractivity contribution in [3.63, 3.8) is 0 Å². The van der Waals surface area contributed by atoms with Gasteiger partial charge in [-0.1, -0.05) is 18.2 Å². The fraction of sp³-hybridized carbons (Fsp3) is 0.300. The van der Waals surface area contributed by atoms with E-state index in [1.807, 2.05) is 30.3 Å². The molecule has 1 aromatic heterocycles. The zero-order valence-corrected chi connectivity index (χ0v) is 19.8. The summed E-state index contributed by atoms with van der Waals surface area (Å²) in [4.78, 5) is 49.1. The van der Waals surface area contributed by atoms with Gasteiger partial charge in [-0.2, -0.15) is 0 Å². The molecule has 0 aliphatic carbocycles. The first-order chi connectivity index (χ1) is 14.4. The number of hydrogen-bond acceptors (Lipinski definition) is 6. The Balaban J connectivity index is 0.00000181. The maximum Gasteiger partial charge on any atom is 1.00 e. The molecule has 31 heavy (non-hydrogen) atoms. The number of thioether (sulfide) groups is 1. The van der Waals surface area contributed by atoms with E-state index in [1.54, 1.807) is 10.8 Å². The van der Waals surface area contributed by atoms with Gasteiger partial charge in [0.15, 0.2) is 0 Å². The van der Waals surface area contributed by atoms with E-state index in [4.69, 9.17) is 4.74 Å². The van der Waals surface area contributed by atoms with Crippen molar-refractivity contribution in [2.45, 2.75) is 24.9 Å². The van der Waals surface area contributed by atoms with Gasteiger partial charge in [0.25, 0.3) is 5.91 Å². The SMILES string of the molecule is CC(=O)OCC1=C(C(=O)O)N2C(=O)C(NC(=O)Cn3ccc4ccccc43)C2SC1.[H-].[Na+]. The van der Waals surface area contributed by atoms with Crippen molar-refractivity contribution >= 4 is 46.4 Å². The molecule has 1 saturated heterocycles. The fourth-order valence-corrected chi connectivity index (χ4v) is 4.96. The number of nitrogens with one attached hydrogen (secondary N) is 1. The Hall–Kier alpha value is -2.27. The molecule has 2 aromatic rings. The zero-order valence-electron chi connectivity index (χ0n) is 18.0. The topological polar surface area (TPSA) is 118 Å². The van der Waals surface area contributed by atoms with Gasteiger partial charge in [-0.05, 0) is 17.5 Å². The molecule has 0 radical (unpaired) electrons. The quantitative estimate of drug-likeness (QED) is 0.297. The molecule has 2 N–H and O–H groups in total. The Labute approximate surface area is 205 Å². The van der Waals surface area contributed by atoms with Gasteiger partial charge >= 0.3 is 41.5 Å². The first-order valence-corrected chi connectivity index (χ1v) is 10.3. The molecule has 2 aliphatic heterocycles. The van der Waals surface area contributed by atoms with Crippen LogP contribution < -0.4 is 34.9 Å². The summed E-state index contributed by atoms with van der Waals surface area (Å²) in [6.45, 7) is 1.10. The van der Waals surface area contributed by atoms with Crippen LogP contribution in [0.4, 0.5) is 0 Å². The van der Waals surface area contributed by atoms with E-state index in [2.05, 4.69) is 5.32 Å². The van der Waals surface area contributed by atoms with Crippen LogP contribution in [0.25, 0.3) is 10.9 Å². The van der Waals surface area contributed by atoms with Crippen molar-refractivity contribution in [1.29, 1.82) is 0 Å². The number of amides is 2. The van der Waals surface area contributed by atoms with E-state index in [-0.39, 0.29) is 61.5 Å². The van der Waals surface area contributed by atoms with E-state index >= 15 is 0 Å². The monoisotopic (exact) mass is 453 g/mol. The summed E-state index contributed by atoms with van der Waals surface area (Å²) in [7, 11) is 0. The molecule has 0 saturated carbocycles. The van der Waals surface area contributed by atoms with E-state index in [9.17, 15) is 24.3 Å². The zero-order chi connectivity index (χ0) is 21.4. The van der Waals surface area contributed by atoms with Crippen molar-refractivity contribution in [3.05, 3.63) is 47.8 Å². The van der Waals surface area contributed by atoms with Gasteiger partial charge in [0.05, 0.1) is 0 Å². The maximum atomic E-state index is 12.6. The van der Waals surface area contributed by atoms with Crippen LogP contribution in [0.2, 0.25) is 0 Å². The predicted octanol–water partition coefficient (Wildman–Crippen LogP) is -1.94. The van der Waals surface area contributed by atoms with E-state index in [0.29, 0.717) is 5.57 Å². The van der Waals surface area contributed by atoms with Gasteiger partial charge in [0.2, 0.25) is 5.91 Å². The summed E-state index contributed by atoms with van der Waals surface area (Å²) in [5.74, 6) is -2.33. The number of aromatic nitrogens is 1. The first kappa shape index (κ1) is 23.4. The van der Waals surface area contributed by atoms with Gasteiger partial charge in [0, 0.05) is 30.0 Å². The van der Waals surface area contributed by atoms with Crippen molar-refractivity contribution in [3.8, 4) is 0 Å². The average Bonchev–Trinajstić information content (AvgIpc) is 3.12. The number of rotatable bonds is 6. The third-order valence-corrected chi connectivity index (χ3v) is 6.35. The van der Waals surface area contributed by atoms with Crippen LogP contribution in [0.15, 0.2) is 47.8 Å². The second-order valence-corrected chi connectivity index (χ2v) is 8.10. The first-order valence-electron chi connectivity index (χ1n) is 9.23. The summed E-state index contributed by atoms with van der Waals surface area (Å²) < 4.78 is 6.70. The Morgan fingerprint density at radius 1 is 1.29 bits per heavy atom. The Morgan fingerprint density at radius 3 is 2.74 bits per heavy atom. The number of ether oxygens (including phenoxy) is 1. The molecular formula is C20H20N3NaO6S. The molecule has 3 heterocycles. The van der Waals surface area contributed by atoms with Gasteiger partial charge in [-0.15, -0.1) is 11.8 Å². The number of aliphatic carboxylic acids is 1. The van der Waals surface area contributed by atoms with Crippen LogP contribution in [0.1, 0.15) is 8.35 Å². The summed E-state index contributed by atoms with van der Waals surface area (Å²) in [5.41, 5.74) is 1.09. The van der Waals surface area contributed by atoms with Crippen molar-refractivity contribution in [2.24, 2.45) is 0 Å². The summed E-state index contributed by atoms with van der Waals surface area (Å²) in [6, 6.07) is 8.76. The van der Waals surface area contributed by atoms with Crippen LogP contribution >= 0.6 is 11.8 Å². The minimum atomic E-state index is -1.26. The minimum absolute atomic E-state index is 0. The van der Waals surface area contributed by atoms with Crippen molar-refractivity contribution < 1.29 is 60.0 Å². The van der Waals surface area contributed by atoms with Crippen LogP contribution in [-0.4, -0.2) is 62.1 Å². The smallest absolute Gasteiger partial charge is 1.00 e. The number of β-lactam (4-membered cyclic amide) rings is 1. The fourth-order valence-electron chi connectivity index (χ4n) is 3.64. The Morgan fingerprint density at radius 2 is 2.03 bits per heavy atom. The molecule has 2 amide bonds. The molecule has 2 aliphatic rings. The molecule has 9 nitrogen and oxygen atoms in total. The van der Waals surface area contributed by atoms with Crippen molar-refractivity contribution in [2.75, 3.05) is 12.4 Å². The van der Waals surface area contributed by atoms with Gasteiger partial charge in [-0.3, -0.25) is 19.3 Å². The van der Waals surface area contributed by atoms with E-state index in [1.165, 1.54) is 18.7 Å². The average molecular weight is 453 g/mol. The van der Waals surface area contributed by atoms with Gasteiger partial charge in [0.1, 0.15) is 30.3 Å². The Kier molecular flexibility index (Phi) is 7.15. The van der Waals surface area contributed by atoms with Crippen LogP contribution in [0.5, 0.6) is 0 Å². The number of carbonyl (C=O) groups excluding carboxylic acids is 3. The summed E-state index contributed by atoms with van der Waals surface area (Å²) in [5, 5.41) is 12.8. The number of carboxylic acids is 1.